The first-order valence-corrected chi connectivity index (χ1v) is 9.39. The van der Waals surface area contributed by atoms with Crippen molar-refractivity contribution in [3.63, 3.8) is 0 Å². The second-order valence-corrected chi connectivity index (χ2v) is 6.64. The number of carbonyl (C=O) groups excluding carboxylic acids is 1. The summed E-state index contributed by atoms with van der Waals surface area (Å²) in [6.07, 6.45) is 0. The van der Waals surface area contributed by atoms with E-state index in [9.17, 15) is 4.79 Å². The molecule has 144 valence electrons. The molecule has 0 aliphatic heterocycles. The molecule has 3 aromatic carbocycles. The van der Waals surface area contributed by atoms with E-state index in [1.165, 1.54) is 0 Å². The molecule has 0 bridgehead atoms. The molecule has 0 unspecified atom stereocenters. The number of ether oxygens (including phenoxy) is 2. The standard InChI is InChI=1S/C24H25NO3/c1-4-27-23-15-20(24(26)25-21-14-17(2)10-11-18(21)3)12-13-22(23)28-16-19-8-6-5-7-9-19/h5-15H,4,16H2,1-3H3,(H,25,26). The average Bonchev–Trinajstić information content (AvgIpc) is 2.70. The number of nitrogens with one attached hydrogen (secondary N) is 1. The van der Waals surface area contributed by atoms with E-state index < -0.39 is 0 Å². The van der Waals surface area contributed by atoms with Crippen LogP contribution in [0.15, 0.2) is 66.7 Å². The van der Waals surface area contributed by atoms with E-state index in [0.717, 1.165) is 22.4 Å². The molecule has 28 heavy (non-hydrogen) atoms. The largest absolute Gasteiger partial charge is 0.490 e. The molecule has 0 atom stereocenters. The highest BCUT2D eigenvalue weighted by Gasteiger charge is 2.13. The van der Waals surface area contributed by atoms with Gasteiger partial charge < -0.3 is 14.8 Å². The van der Waals surface area contributed by atoms with E-state index in [1.807, 2.05) is 69.3 Å². The smallest absolute Gasteiger partial charge is 0.255 e. The summed E-state index contributed by atoms with van der Waals surface area (Å²) >= 11 is 0. The van der Waals surface area contributed by atoms with E-state index in [4.69, 9.17) is 9.47 Å². The van der Waals surface area contributed by atoms with Gasteiger partial charge in [-0.05, 0) is 61.7 Å². The fraction of sp³-hybridized carbons (Fsp3) is 0.208. The number of anilines is 1. The highest BCUT2D eigenvalue weighted by Crippen LogP contribution is 2.30. The predicted molar refractivity (Wildman–Crippen MR) is 112 cm³/mol. The van der Waals surface area contributed by atoms with E-state index in [0.29, 0.717) is 30.3 Å². The van der Waals surface area contributed by atoms with Crippen LogP contribution in [0.1, 0.15) is 34.0 Å². The van der Waals surface area contributed by atoms with Crippen molar-refractivity contribution in [2.75, 3.05) is 11.9 Å². The molecular weight excluding hydrogens is 350 g/mol. The minimum Gasteiger partial charge on any atom is -0.490 e. The van der Waals surface area contributed by atoms with E-state index in [2.05, 4.69) is 5.32 Å². The van der Waals surface area contributed by atoms with Gasteiger partial charge in [0.15, 0.2) is 11.5 Å². The number of aryl methyl sites for hydroxylation is 2. The Labute approximate surface area is 166 Å². The van der Waals surface area contributed by atoms with Crippen LogP contribution in [0.25, 0.3) is 0 Å². The summed E-state index contributed by atoms with van der Waals surface area (Å²) in [5.74, 6) is 1.00. The second-order valence-electron chi connectivity index (χ2n) is 6.64. The Kier molecular flexibility index (Phi) is 6.33. The van der Waals surface area contributed by atoms with Crippen LogP contribution in [-0.4, -0.2) is 12.5 Å². The lowest BCUT2D eigenvalue weighted by Gasteiger charge is -2.14. The zero-order valence-electron chi connectivity index (χ0n) is 16.5. The topological polar surface area (TPSA) is 47.6 Å². The zero-order valence-corrected chi connectivity index (χ0v) is 16.5. The Morgan fingerprint density at radius 1 is 0.893 bits per heavy atom. The van der Waals surface area contributed by atoms with Crippen LogP contribution in [0.4, 0.5) is 5.69 Å². The van der Waals surface area contributed by atoms with E-state index >= 15 is 0 Å². The highest BCUT2D eigenvalue weighted by molar-refractivity contribution is 6.05. The Hall–Kier alpha value is -3.27. The Morgan fingerprint density at radius 3 is 2.43 bits per heavy atom. The molecule has 0 saturated carbocycles. The summed E-state index contributed by atoms with van der Waals surface area (Å²) in [5, 5.41) is 2.98. The number of carbonyl (C=O) groups is 1. The highest BCUT2D eigenvalue weighted by atomic mass is 16.5. The summed E-state index contributed by atoms with van der Waals surface area (Å²) in [6.45, 7) is 6.81. The van der Waals surface area contributed by atoms with Crippen molar-refractivity contribution in [3.05, 3.63) is 89.0 Å². The summed E-state index contributed by atoms with van der Waals surface area (Å²) in [6, 6.07) is 21.2. The minimum atomic E-state index is -0.177. The number of rotatable bonds is 7. The second kappa shape index (κ2) is 9.09. The predicted octanol–water partition coefficient (Wildman–Crippen LogP) is 5.53. The van der Waals surface area contributed by atoms with Crippen molar-refractivity contribution in [2.45, 2.75) is 27.4 Å². The first kappa shape index (κ1) is 19.5. The molecule has 0 spiro atoms. The van der Waals surface area contributed by atoms with Gasteiger partial charge in [0, 0.05) is 11.3 Å². The molecule has 0 aliphatic rings. The Balaban J connectivity index is 1.77. The molecule has 4 heteroatoms. The van der Waals surface area contributed by atoms with Gasteiger partial charge in [0.1, 0.15) is 6.61 Å². The van der Waals surface area contributed by atoms with Crippen molar-refractivity contribution in [1.82, 2.24) is 0 Å². The van der Waals surface area contributed by atoms with Gasteiger partial charge in [-0.25, -0.2) is 0 Å². The molecule has 1 N–H and O–H groups in total. The van der Waals surface area contributed by atoms with Crippen LogP contribution < -0.4 is 14.8 Å². The van der Waals surface area contributed by atoms with Crippen LogP contribution >= 0.6 is 0 Å². The fourth-order valence-corrected chi connectivity index (χ4v) is 2.84. The van der Waals surface area contributed by atoms with Gasteiger partial charge in [-0.1, -0.05) is 42.5 Å². The Morgan fingerprint density at radius 2 is 1.68 bits per heavy atom. The minimum absolute atomic E-state index is 0.177. The number of benzene rings is 3. The maximum Gasteiger partial charge on any atom is 0.255 e. The third-order valence-electron chi connectivity index (χ3n) is 4.38. The van der Waals surface area contributed by atoms with Crippen LogP contribution in [-0.2, 0) is 6.61 Å². The van der Waals surface area contributed by atoms with Crippen LogP contribution in [0.2, 0.25) is 0 Å². The molecule has 0 fully saturated rings. The average molecular weight is 375 g/mol. The molecule has 1 amide bonds. The number of amides is 1. The van der Waals surface area contributed by atoms with Gasteiger partial charge in [0.2, 0.25) is 0 Å². The lowest BCUT2D eigenvalue weighted by Crippen LogP contribution is -2.13. The normalized spacial score (nSPS) is 10.4. The van der Waals surface area contributed by atoms with E-state index in [1.54, 1.807) is 18.2 Å². The van der Waals surface area contributed by atoms with Gasteiger partial charge in [-0.2, -0.15) is 0 Å². The zero-order chi connectivity index (χ0) is 19.9. The Bertz CT molecular complexity index is 951. The van der Waals surface area contributed by atoms with Crippen molar-refractivity contribution < 1.29 is 14.3 Å². The molecule has 4 nitrogen and oxygen atoms in total. The van der Waals surface area contributed by atoms with Gasteiger partial charge >= 0.3 is 0 Å². The van der Waals surface area contributed by atoms with Crippen molar-refractivity contribution in [1.29, 1.82) is 0 Å². The summed E-state index contributed by atoms with van der Waals surface area (Å²) < 4.78 is 11.6. The van der Waals surface area contributed by atoms with Gasteiger partial charge in [-0.15, -0.1) is 0 Å². The number of hydrogen-bond donors (Lipinski definition) is 1. The van der Waals surface area contributed by atoms with Crippen LogP contribution in [0.5, 0.6) is 11.5 Å². The van der Waals surface area contributed by atoms with E-state index in [-0.39, 0.29) is 5.91 Å². The lowest BCUT2D eigenvalue weighted by molar-refractivity contribution is 0.102. The molecule has 0 saturated heterocycles. The van der Waals surface area contributed by atoms with Gasteiger partial charge in [0.05, 0.1) is 6.61 Å². The third kappa shape index (κ3) is 4.92. The van der Waals surface area contributed by atoms with Crippen molar-refractivity contribution in [2.24, 2.45) is 0 Å². The van der Waals surface area contributed by atoms with Crippen LogP contribution in [0, 0.1) is 13.8 Å². The first-order valence-electron chi connectivity index (χ1n) is 9.39. The fourth-order valence-electron chi connectivity index (χ4n) is 2.84. The lowest BCUT2D eigenvalue weighted by atomic mass is 10.1. The summed E-state index contributed by atoms with van der Waals surface area (Å²) in [7, 11) is 0. The monoisotopic (exact) mass is 375 g/mol. The van der Waals surface area contributed by atoms with Gasteiger partial charge in [-0.3, -0.25) is 4.79 Å². The molecule has 0 radical (unpaired) electrons. The quantitative estimate of drug-likeness (QED) is 0.590. The van der Waals surface area contributed by atoms with Gasteiger partial charge in [0.25, 0.3) is 5.91 Å². The molecule has 0 aliphatic carbocycles. The molecular formula is C24H25NO3. The SMILES string of the molecule is CCOc1cc(C(=O)Nc2cc(C)ccc2C)ccc1OCc1ccccc1. The van der Waals surface area contributed by atoms with Crippen LogP contribution in [0.3, 0.4) is 0 Å². The first-order chi connectivity index (χ1) is 13.6. The van der Waals surface area contributed by atoms with Crippen molar-refractivity contribution >= 4 is 11.6 Å². The summed E-state index contributed by atoms with van der Waals surface area (Å²) in [5.41, 5.74) is 4.53. The van der Waals surface area contributed by atoms with Crippen molar-refractivity contribution in [3.8, 4) is 11.5 Å². The molecule has 3 aromatic rings. The third-order valence-corrected chi connectivity index (χ3v) is 4.38. The molecule has 0 aromatic heterocycles. The molecule has 3 rings (SSSR count). The summed E-state index contributed by atoms with van der Waals surface area (Å²) in [4.78, 5) is 12.7. The number of hydrogen-bond acceptors (Lipinski definition) is 3. The maximum atomic E-state index is 12.7. The maximum absolute atomic E-state index is 12.7. The molecule has 0 heterocycles.